The molecule has 0 unspecified atom stereocenters. The summed E-state index contributed by atoms with van der Waals surface area (Å²) in [6, 6.07) is 0. The number of nitrogens with zero attached hydrogens (tertiary/aromatic N) is 2. The maximum atomic E-state index is 12.0. The van der Waals surface area contributed by atoms with Crippen molar-refractivity contribution in [3.05, 3.63) is 29.1 Å². The molecule has 0 fully saturated rings. The predicted molar refractivity (Wildman–Crippen MR) is 89.6 cm³/mol. The fourth-order valence-electron chi connectivity index (χ4n) is 3.34. The predicted octanol–water partition coefficient (Wildman–Crippen LogP) is 3.15. The molecule has 0 spiro atoms. The normalized spacial score (nSPS) is 14.6. The molecule has 0 amide bonds. The molecule has 4 nitrogen and oxygen atoms in total. The average molecular weight is 304 g/mol. The second kappa shape index (κ2) is 7.52. The van der Waals surface area contributed by atoms with E-state index < -0.39 is 0 Å². The first-order chi connectivity index (χ1) is 10.6. The van der Waals surface area contributed by atoms with E-state index in [1.54, 1.807) is 6.08 Å². The first-order valence-electron chi connectivity index (χ1n) is 8.43. The minimum atomic E-state index is -0.252. The molecule has 0 aromatic carbocycles. The van der Waals surface area contributed by atoms with Crippen molar-refractivity contribution in [3.63, 3.8) is 0 Å². The molecule has 0 atom stereocenters. The number of hydrogen-bond donors (Lipinski definition) is 0. The lowest BCUT2D eigenvalue weighted by Gasteiger charge is -2.25. The second-order valence-electron chi connectivity index (χ2n) is 5.74. The highest BCUT2D eigenvalue weighted by atomic mass is 16.5. The van der Waals surface area contributed by atoms with Crippen LogP contribution in [0.5, 0.6) is 0 Å². The van der Waals surface area contributed by atoms with Crippen LogP contribution in [0.25, 0.3) is 5.70 Å². The number of carbonyl (C=O) groups excluding carboxylic acids is 1. The molecule has 1 aliphatic rings. The molecule has 1 aromatic heterocycles. The Hall–Kier alpha value is -1.71. The van der Waals surface area contributed by atoms with Crippen LogP contribution >= 0.6 is 0 Å². The standard InChI is InChI=1S/C18H28N2O2/c1-5-20(6-2)17(12-18(21)22-7-3)15-13-19(4)16-11-9-8-10-14(15)16/h12-13H,5-11H2,1-4H3/b17-12+. The highest BCUT2D eigenvalue weighted by Gasteiger charge is 2.22. The third-order valence-electron chi connectivity index (χ3n) is 4.43. The zero-order valence-electron chi connectivity index (χ0n) is 14.3. The van der Waals surface area contributed by atoms with Crippen molar-refractivity contribution in [3.8, 4) is 0 Å². The molecule has 0 saturated heterocycles. The number of rotatable bonds is 6. The summed E-state index contributed by atoms with van der Waals surface area (Å²) >= 11 is 0. The van der Waals surface area contributed by atoms with Gasteiger partial charge in [0.2, 0.25) is 0 Å². The molecule has 0 radical (unpaired) electrons. The fraction of sp³-hybridized carbons (Fsp3) is 0.611. The smallest absolute Gasteiger partial charge is 0.332 e. The van der Waals surface area contributed by atoms with Gasteiger partial charge < -0.3 is 14.2 Å². The van der Waals surface area contributed by atoms with Gasteiger partial charge in [0.15, 0.2) is 0 Å². The van der Waals surface area contributed by atoms with E-state index in [0.29, 0.717) is 6.61 Å². The van der Waals surface area contributed by atoms with E-state index in [1.165, 1.54) is 29.7 Å². The molecule has 0 bridgehead atoms. The summed E-state index contributed by atoms with van der Waals surface area (Å²) in [6.07, 6.45) is 8.57. The zero-order valence-corrected chi connectivity index (χ0v) is 14.3. The molecule has 0 saturated carbocycles. The van der Waals surface area contributed by atoms with Crippen LogP contribution in [0.15, 0.2) is 12.3 Å². The first kappa shape index (κ1) is 16.7. The SMILES string of the molecule is CCOC(=O)/C=C(\c1cn(C)c2c1CCCC2)N(CC)CC. The maximum absolute atomic E-state index is 12.0. The van der Waals surface area contributed by atoms with E-state index in [1.807, 2.05) is 6.92 Å². The van der Waals surface area contributed by atoms with Crippen molar-refractivity contribution in [2.24, 2.45) is 7.05 Å². The summed E-state index contributed by atoms with van der Waals surface area (Å²) < 4.78 is 7.36. The summed E-state index contributed by atoms with van der Waals surface area (Å²) in [5, 5.41) is 0. The van der Waals surface area contributed by atoms with Crippen molar-refractivity contribution < 1.29 is 9.53 Å². The third-order valence-corrected chi connectivity index (χ3v) is 4.43. The van der Waals surface area contributed by atoms with E-state index in [-0.39, 0.29) is 5.97 Å². The van der Waals surface area contributed by atoms with E-state index >= 15 is 0 Å². The van der Waals surface area contributed by atoms with Gasteiger partial charge in [0.25, 0.3) is 0 Å². The lowest BCUT2D eigenvalue weighted by molar-refractivity contribution is -0.137. The Balaban J connectivity index is 2.47. The molecule has 0 N–H and O–H groups in total. The van der Waals surface area contributed by atoms with Gasteiger partial charge in [-0.25, -0.2) is 4.79 Å². The summed E-state index contributed by atoms with van der Waals surface area (Å²) in [5.41, 5.74) is 5.04. The Labute approximate surface area is 133 Å². The molecular formula is C18H28N2O2. The van der Waals surface area contributed by atoms with Crippen LogP contribution < -0.4 is 0 Å². The highest BCUT2D eigenvalue weighted by molar-refractivity contribution is 5.91. The molecule has 1 heterocycles. The monoisotopic (exact) mass is 304 g/mol. The van der Waals surface area contributed by atoms with Crippen molar-refractivity contribution in [2.45, 2.75) is 46.5 Å². The van der Waals surface area contributed by atoms with Gasteiger partial charge in [-0.1, -0.05) is 0 Å². The van der Waals surface area contributed by atoms with Crippen LogP contribution in [-0.4, -0.2) is 35.1 Å². The number of fused-ring (bicyclic) bond motifs is 1. The second-order valence-corrected chi connectivity index (χ2v) is 5.74. The lowest BCUT2D eigenvalue weighted by Crippen LogP contribution is -2.23. The number of carbonyl (C=O) groups is 1. The largest absolute Gasteiger partial charge is 0.463 e. The van der Waals surface area contributed by atoms with Gasteiger partial charge in [0.1, 0.15) is 0 Å². The Kier molecular flexibility index (Phi) is 5.69. The Morgan fingerprint density at radius 2 is 1.95 bits per heavy atom. The minimum Gasteiger partial charge on any atom is -0.463 e. The van der Waals surface area contributed by atoms with Crippen LogP contribution in [-0.2, 0) is 29.4 Å². The van der Waals surface area contributed by atoms with E-state index in [4.69, 9.17) is 4.74 Å². The van der Waals surface area contributed by atoms with Crippen molar-refractivity contribution >= 4 is 11.7 Å². The summed E-state index contributed by atoms with van der Waals surface area (Å²) in [5.74, 6) is -0.252. The van der Waals surface area contributed by atoms with Crippen molar-refractivity contribution in [1.29, 1.82) is 0 Å². The number of hydrogen-bond acceptors (Lipinski definition) is 3. The Morgan fingerprint density at radius 1 is 1.27 bits per heavy atom. The molecule has 1 aromatic rings. The molecule has 22 heavy (non-hydrogen) atoms. The van der Waals surface area contributed by atoms with Gasteiger partial charge in [-0.15, -0.1) is 0 Å². The summed E-state index contributed by atoms with van der Waals surface area (Å²) in [6.45, 7) is 8.26. The van der Waals surface area contributed by atoms with Gasteiger partial charge in [-0.2, -0.15) is 0 Å². The lowest BCUT2D eigenvalue weighted by atomic mass is 9.93. The van der Waals surface area contributed by atoms with E-state index in [2.05, 4.69) is 36.6 Å². The van der Waals surface area contributed by atoms with Crippen molar-refractivity contribution in [1.82, 2.24) is 9.47 Å². The van der Waals surface area contributed by atoms with Gasteiger partial charge in [-0.3, -0.25) is 0 Å². The molecule has 122 valence electrons. The van der Waals surface area contributed by atoms with Crippen LogP contribution in [0.3, 0.4) is 0 Å². The quantitative estimate of drug-likeness (QED) is 0.598. The van der Waals surface area contributed by atoms with Gasteiger partial charge in [0, 0.05) is 43.7 Å². The maximum Gasteiger partial charge on any atom is 0.332 e. The van der Waals surface area contributed by atoms with Gasteiger partial charge >= 0.3 is 5.97 Å². The summed E-state index contributed by atoms with van der Waals surface area (Å²) in [7, 11) is 2.11. The molecule has 0 aliphatic heterocycles. The average Bonchev–Trinajstić information content (AvgIpc) is 2.85. The van der Waals surface area contributed by atoms with Crippen LogP contribution in [0.1, 0.15) is 50.4 Å². The Morgan fingerprint density at radius 3 is 2.59 bits per heavy atom. The third kappa shape index (κ3) is 3.37. The van der Waals surface area contributed by atoms with Crippen LogP contribution in [0.2, 0.25) is 0 Å². The number of aryl methyl sites for hydroxylation is 1. The van der Waals surface area contributed by atoms with Crippen LogP contribution in [0, 0.1) is 0 Å². The van der Waals surface area contributed by atoms with Crippen LogP contribution in [0.4, 0.5) is 0 Å². The molecular weight excluding hydrogens is 276 g/mol. The number of aromatic nitrogens is 1. The van der Waals surface area contributed by atoms with E-state index in [0.717, 1.165) is 31.6 Å². The zero-order chi connectivity index (χ0) is 16.1. The van der Waals surface area contributed by atoms with Crippen molar-refractivity contribution in [2.75, 3.05) is 19.7 Å². The minimum absolute atomic E-state index is 0.252. The molecule has 4 heteroatoms. The van der Waals surface area contributed by atoms with E-state index in [9.17, 15) is 4.79 Å². The fourth-order valence-corrected chi connectivity index (χ4v) is 3.34. The highest BCUT2D eigenvalue weighted by Crippen LogP contribution is 2.32. The number of esters is 1. The van der Waals surface area contributed by atoms with Gasteiger partial charge in [-0.05, 0) is 52.0 Å². The Bertz CT molecular complexity index is 554. The van der Waals surface area contributed by atoms with Gasteiger partial charge in [0.05, 0.1) is 12.3 Å². The first-order valence-corrected chi connectivity index (χ1v) is 8.43. The summed E-state index contributed by atoms with van der Waals surface area (Å²) in [4.78, 5) is 14.2. The molecule has 1 aliphatic carbocycles. The molecule has 2 rings (SSSR count). The number of ether oxygens (including phenoxy) is 1. The topological polar surface area (TPSA) is 34.5 Å².